The van der Waals surface area contributed by atoms with E-state index in [-0.39, 0.29) is 35.4 Å². The van der Waals surface area contributed by atoms with Crippen molar-refractivity contribution >= 4 is 15.7 Å². The summed E-state index contributed by atoms with van der Waals surface area (Å²) in [7, 11) is -3.06. The first-order valence-electron chi connectivity index (χ1n) is 7.86. The Bertz CT molecular complexity index is 754. The Hall–Kier alpha value is -1.70. The van der Waals surface area contributed by atoms with Crippen LogP contribution in [-0.2, 0) is 27.5 Å². The number of nitrogens with zero attached hydrogens (tertiary/aromatic N) is 2. The number of likely N-dealkylation sites (N-methyl/N-ethyl adjacent to an activating group) is 1. The van der Waals surface area contributed by atoms with E-state index < -0.39 is 9.84 Å². The summed E-state index contributed by atoms with van der Waals surface area (Å²) in [6, 6.07) is -0.292. The molecule has 0 radical (unpaired) electrons. The number of aryl methyl sites for hydroxylation is 2. The highest BCUT2D eigenvalue weighted by Crippen LogP contribution is 2.18. The topological polar surface area (TPSA) is 100 Å². The Kier molecular flexibility index (Phi) is 5.23. The molecule has 0 spiro atoms. The van der Waals surface area contributed by atoms with E-state index >= 15 is 0 Å². The van der Waals surface area contributed by atoms with Gasteiger partial charge in [0.1, 0.15) is 5.82 Å². The molecule has 1 aromatic heterocycles. The third-order valence-electron chi connectivity index (χ3n) is 4.24. The molecule has 1 saturated heterocycles. The normalized spacial score (nSPS) is 19.7. The summed E-state index contributed by atoms with van der Waals surface area (Å²) >= 11 is 0. The summed E-state index contributed by atoms with van der Waals surface area (Å²) in [5.41, 5.74) is 0.610. The lowest BCUT2D eigenvalue weighted by atomic mass is 10.1. The molecule has 7 nitrogen and oxygen atoms in total. The summed E-state index contributed by atoms with van der Waals surface area (Å²) in [5.74, 6) is 0.495. The Morgan fingerprint density at radius 2 is 2.09 bits per heavy atom. The minimum absolute atomic E-state index is 0.00887. The molecule has 0 saturated carbocycles. The van der Waals surface area contributed by atoms with Gasteiger partial charge in [0.2, 0.25) is 5.91 Å². The van der Waals surface area contributed by atoms with Gasteiger partial charge >= 0.3 is 0 Å². The molecule has 1 atom stereocenters. The Morgan fingerprint density at radius 3 is 2.57 bits per heavy atom. The van der Waals surface area contributed by atoms with Crippen LogP contribution in [0.2, 0.25) is 0 Å². The van der Waals surface area contributed by atoms with Crippen LogP contribution in [0.1, 0.15) is 37.4 Å². The van der Waals surface area contributed by atoms with E-state index in [1.165, 1.54) is 0 Å². The van der Waals surface area contributed by atoms with Gasteiger partial charge in [-0.15, -0.1) is 0 Å². The minimum Gasteiger partial charge on any atom is -0.339 e. The van der Waals surface area contributed by atoms with E-state index in [2.05, 4.69) is 9.97 Å². The van der Waals surface area contributed by atoms with Gasteiger partial charge in [-0.1, -0.05) is 6.92 Å². The van der Waals surface area contributed by atoms with Crippen LogP contribution in [0.25, 0.3) is 0 Å². The monoisotopic (exact) mass is 341 g/mol. The molecule has 1 fully saturated rings. The number of carbonyl (C=O) groups excluding carboxylic acids is 1. The zero-order valence-corrected chi connectivity index (χ0v) is 14.6. The number of nitrogens with one attached hydrogen (secondary N) is 1. The number of hydrogen-bond acceptors (Lipinski definition) is 5. The van der Waals surface area contributed by atoms with Crippen molar-refractivity contribution in [1.29, 1.82) is 0 Å². The van der Waals surface area contributed by atoms with Crippen molar-refractivity contribution < 1.29 is 13.2 Å². The number of amides is 1. The summed E-state index contributed by atoms with van der Waals surface area (Å²) < 4.78 is 23.2. The lowest BCUT2D eigenvalue weighted by Gasteiger charge is -2.27. The highest BCUT2D eigenvalue weighted by Gasteiger charge is 2.34. The highest BCUT2D eigenvalue weighted by atomic mass is 32.2. The van der Waals surface area contributed by atoms with Gasteiger partial charge in [-0.05, 0) is 20.3 Å². The average Bonchev–Trinajstić information content (AvgIpc) is 2.83. The summed E-state index contributed by atoms with van der Waals surface area (Å²) in [4.78, 5) is 33.2. The van der Waals surface area contributed by atoms with Crippen LogP contribution in [0.3, 0.4) is 0 Å². The molecular weight excluding hydrogens is 318 g/mol. The fourth-order valence-corrected chi connectivity index (χ4v) is 4.69. The molecule has 128 valence electrons. The fourth-order valence-electron chi connectivity index (χ4n) is 2.96. The standard InChI is InChI=1S/C15H23N3O4S/c1-4-13-16-10(3)12(15(20)17-13)8-14(19)18(5-2)11-6-7-23(21,22)9-11/h11H,4-9H2,1-3H3,(H,16,17,20). The SMILES string of the molecule is CCc1nc(C)c(CC(=O)N(CC)C2CCS(=O)(=O)C2)c(=O)[nH]1. The van der Waals surface area contributed by atoms with Gasteiger partial charge < -0.3 is 9.88 Å². The number of aromatic amines is 1. The first-order valence-corrected chi connectivity index (χ1v) is 9.68. The minimum atomic E-state index is -3.06. The second kappa shape index (κ2) is 6.82. The Morgan fingerprint density at radius 1 is 1.39 bits per heavy atom. The van der Waals surface area contributed by atoms with E-state index in [0.29, 0.717) is 36.5 Å². The second-order valence-electron chi connectivity index (χ2n) is 5.84. The fraction of sp³-hybridized carbons (Fsp3) is 0.667. The number of hydrogen-bond donors (Lipinski definition) is 1. The smallest absolute Gasteiger partial charge is 0.254 e. The summed E-state index contributed by atoms with van der Waals surface area (Å²) in [6.07, 6.45) is 1.03. The van der Waals surface area contributed by atoms with Crippen LogP contribution in [0.5, 0.6) is 0 Å². The van der Waals surface area contributed by atoms with Crippen molar-refractivity contribution in [3.63, 3.8) is 0 Å². The molecule has 1 aliphatic heterocycles. The van der Waals surface area contributed by atoms with E-state index in [0.717, 1.165) is 0 Å². The van der Waals surface area contributed by atoms with Crippen LogP contribution in [-0.4, -0.2) is 53.3 Å². The first kappa shape index (κ1) is 17.7. The number of aromatic nitrogens is 2. The van der Waals surface area contributed by atoms with Gasteiger partial charge in [-0.3, -0.25) is 9.59 Å². The van der Waals surface area contributed by atoms with Crippen molar-refractivity contribution in [3.05, 3.63) is 27.4 Å². The zero-order valence-electron chi connectivity index (χ0n) is 13.8. The predicted molar refractivity (Wildman–Crippen MR) is 87.1 cm³/mol. The molecule has 1 aromatic rings. The largest absolute Gasteiger partial charge is 0.339 e. The van der Waals surface area contributed by atoms with E-state index in [4.69, 9.17) is 0 Å². The Labute approximate surface area is 136 Å². The molecule has 8 heteroatoms. The van der Waals surface area contributed by atoms with Crippen molar-refractivity contribution in [1.82, 2.24) is 14.9 Å². The molecule has 0 aromatic carbocycles. The quantitative estimate of drug-likeness (QED) is 0.826. The molecule has 1 aliphatic rings. The molecule has 0 aliphatic carbocycles. The average molecular weight is 341 g/mol. The molecule has 1 amide bonds. The van der Waals surface area contributed by atoms with E-state index in [1.807, 2.05) is 13.8 Å². The molecule has 23 heavy (non-hydrogen) atoms. The number of H-pyrrole nitrogens is 1. The first-order chi connectivity index (χ1) is 10.8. The molecule has 0 bridgehead atoms. The maximum Gasteiger partial charge on any atom is 0.254 e. The summed E-state index contributed by atoms with van der Waals surface area (Å²) in [6.45, 7) is 5.85. The molecule has 2 rings (SSSR count). The molecule has 1 unspecified atom stereocenters. The lowest BCUT2D eigenvalue weighted by molar-refractivity contribution is -0.132. The van der Waals surface area contributed by atoms with E-state index in [1.54, 1.807) is 11.8 Å². The molecular formula is C15H23N3O4S. The van der Waals surface area contributed by atoms with Gasteiger partial charge in [0.25, 0.3) is 5.56 Å². The third-order valence-corrected chi connectivity index (χ3v) is 5.99. The van der Waals surface area contributed by atoms with Crippen LogP contribution in [0.4, 0.5) is 0 Å². The van der Waals surface area contributed by atoms with E-state index in [9.17, 15) is 18.0 Å². The van der Waals surface area contributed by atoms with Crippen LogP contribution < -0.4 is 5.56 Å². The van der Waals surface area contributed by atoms with Crippen LogP contribution in [0.15, 0.2) is 4.79 Å². The lowest BCUT2D eigenvalue weighted by Crippen LogP contribution is -2.42. The maximum absolute atomic E-state index is 12.6. The van der Waals surface area contributed by atoms with Crippen LogP contribution in [0, 0.1) is 6.92 Å². The third kappa shape index (κ3) is 3.99. The number of rotatable bonds is 5. The predicted octanol–water partition coefficient (Wildman–Crippen LogP) is 0.219. The molecule has 1 N–H and O–H groups in total. The van der Waals surface area contributed by atoms with Gasteiger partial charge in [-0.2, -0.15) is 0 Å². The van der Waals surface area contributed by atoms with Gasteiger partial charge in [0.15, 0.2) is 9.84 Å². The van der Waals surface area contributed by atoms with Crippen molar-refractivity contribution in [2.75, 3.05) is 18.1 Å². The van der Waals surface area contributed by atoms with Crippen molar-refractivity contribution in [2.24, 2.45) is 0 Å². The van der Waals surface area contributed by atoms with Gasteiger partial charge in [0, 0.05) is 30.3 Å². The maximum atomic E-state index is 12.6. The van der Waals surface area contributed by atoms with Gasteiger partial charge in [0.05, 0.1) is 17.9 Å². The highest BCUT2D eigenvalue weighted by molar-refractivity contribution is 7.91. The zero-order chi connectivity index (χ0) is 17.2. The number of carbonyl (C=O) groups is 1. The Balaban J connectivity index is 2.19. The number of sulfone groups is 1. The van der Waals surface area contributed by atoms with Crippen molar-refractivity contribution in [3.8, 4) is 0 Å². The molecule has 2 heterocycles. The summed E-state index contributed by atoms with van der Waals surface area (Å²) in [5, 5.41) is 0. The second-order valence-corrected chi connectivity index (χ2v) is 8.07. The van der Waals surface area contributed by atoms with Gasteiger partial charge in [-0.25, -0.2) is 13.4 Å². The van der Waals surface area contributed by atoms with Crippen molar-refractivity contribution in [2.45, 2.75) is 46.1 Å². The van der Waals surface area contributed by atoms with Crippen LogP contribution >= 0.6 is 0 Å².